The third-order valence-electron chi connectivity index (χ3n) is 3.90. The van der Waals surface area contributed by atoms with Gasteiger partial charge in [0.2, 0.25) is 0 Å². The zero-order chi connectivity index (χ0) is 15.4. The van der Waals surface area contributed by atoms with Crippen LogP contribution in [0.1, 0.15) is 25.3 Å². The van der Waals surface area contributed by atoms with E-state index in [1.807, 2.05) is 38.1 Å². The van der Waals surface area contributed by atoms with Crippen molar-refractivity contribution in [3.05, 3.63) is 29.8 Å². The summed E-state index contributed by atoms with van der Waals surface area (Å²) in [5, 5.41) is 9.14. The van der Waals surface area contributed by atoms with Crippen molar-refractivity contribution >= 4 is 17.7 Å². The van der Waals surface area contributed by atoms with E-state index in [4.69, 9.17) is 5.11 Å². The first-order chi connectivity index (χ1) is 10.0. The Morgan fingerprint density at radius 1 is 1.43 bits per heavy atom. The molecule has 1 N–H and O–H groups in total. The van der Waals surface area contributed by atoms with Crippen LogP contribution in [0, 0.1) is 12.8 Å². The number of amides is 2. The first-order valence-corrected chi connectivity index (χ1v) is 7.39. The fraction of sp³-hybridized carbons (Fsp3) is 0.500. The molecule has 1 heterocycles. The SMILES string of the molecule is CCN(C(=O)N1CCC[C@H](C(=O)O)C1)c1cccc(C)c1. The third kappa shape index (κ3) is 3.54. The number of rotatable bonds is 3. The highest BCUT2D eigenvalue weighted by molar-refractivity contribution is 5.92. The average molecular weight is 290 g/mol. The second-order valence-corrected chi connectivity index (χ2v) is 5.49. The second-order valence-electron chi connectivity index (χ2n) is 5.49. The zero-order valence-corrected chi connectivity index (χ0v) is 12.6. The second kappa shape index (κ2) is 6.61. The van der Waals surface area contributed by atoms with Gasteiger partial charge >= 0.3 is 12.0 Å². The summed E-state index contributed by atoms with van der Waals surface area (Å²) in [4.78, 5) is 27.2. The molecule has 1 saturated heterocycles. The van der Waals surface area contributed by atoms with Crippen LogP contribution in [0.3, 0.4) is 0 Å². The number of carbonyl (C=O) groups excluding carboxylic acids is 1. The van der Waals surface area contributed by atoms with E-state index < -0.39 is 11.9 Å². The number of benzene rings is 1. The Balaban J connectivity index is 2.14. The summed E-state index contributed by atoms with van der Waals surface area (Å²) in [6.45, 7) is 5.42. The van der Waals surface area contributed by atoms with Gasteiger partial charge in [0.25, 0.3) is 0 Å². The molecule has 1 aromatic carbocycles. The molecule has 0 spiro atoms. The summed E-state index contributed by atoms with van der Waals surface area (Å²) in [6, 6.07) is 7.70. The molecular formula is C16H22N2O3. The number of carboxylic acids is 1. The molecule has 0 saturated carbocycles. The lowest BCUT2D eigenvalue weighted by atomic mass is 9.98. The van der Waals surface area contributed by atoms with Crippen LogP contribution < -0.4 is 4.90 Å². The number of aryl methyl sites for hydroxylation is 1. The fourth-order valence-electron chi connectivity index (χ4n) is 2.75. The summed E-state index contributed by atoms with van der Waals surface area (Å²) < 4.78 is 0. The van der Waals surface area contributed by atoms with Crippen molar-refractivity contribution in [2.24, 2.45) is 5.92 Å². The molecular weight excluding hydrogens is 268 g/mol. The number of carboxylic acid groups (broad SMARTS) is 1. The van der Waals surface area contributed by atoms with Gasteiger partial charge in [-0.3, -0.25) is 9.69 Å². The van der Waals surface area contributed by atoms with Gasteiger partial charge in [-0.25, -0.2) is 4.79 Å². The normalized spacial score (nSPS) is 18.4. The quantitative estimate of drug-likeness (QED) is 0.931. The van der Waals surface area contributed by atoms with Crippen LogP contribution in [0.4, 0.5) is 10.5 Å². The van der Waals surface area contributed by atoms with E-state index in [0.29, 0.717) is 26.1 Å². The number of hydrogen-bond acceptors (Lipinski definition) is 2. The van der Waals surface area contributed by atoms with Gasteiger partial charge < -0.3 is 10.0 Å². The minimum Gasteiger partial charge on any atom is -0.481 e. The molecule has 0 radical (unpaired) electrons. The number of anilines is 1. The Labute approximate surface area is 125 Å². The Morgan fingerprint density at radius 3 is 2.81 bits per heavy atom. The fourth-order valence-corrected chi connectivity index (χ4v) is 2.75. The van der Waals surface area contributed by atoms with Gasteiger partial charge in [-0.2, -0.15) is 0 Å². The van der Waals surface area contributed by atoms with E-state index in [9.17, 15) is 9.59 Å². The molecule has 2 amide bonds. The molecule has 1 aliphatic heterocycles. The largest absolute Gasteiger partial charge is 0.481 e. The molecule has 1 fully saturated rings. The Morgan fingerprint density at radius 2 is 2.19 bits per heavy atom. The van der Waals surface area contributed by atoms with Crippen molar-refractivity contribution in [1.82, 2.24) is 4.90 Å². The summed E-state index contributed by atoms with van der Waals surface area (Å²) >= 11 is 0. The van der Waals surface area contributed by atoms with Gasteiger partial charge in [0.15, 0.2) is 0 Å². The number of carbonyl (C=O) groups is 2. The van der Waals surface area contributed by atoms with Gasteiger partial charge in [-0.15, -0.1) is 0 Å². The van der Waals surface area contributed by atoms with E-state index in [2.05, 4.69) is 0 Å². The minimum absolute atomic E-state index is 0.103. The average Bonchev–Trinajstić information content (AvgIpc) is 2.48. The molecule has 21 heavy (non-hydrogen) atoms. The van der Waals surface area contributed by atoms with Crippen LogP contribution in [-0.2, 0) is 4.79 Å². The van der Waals surface area contributed by atoms with Gasteiger partial charge in [-0.05, 0) is 44.4 Å². The van der Waals surface area contributed by atoms with Crippen molar-refractivity contribution in [2.75, 3.05) is 24.5 Å². The van der Waals surface area contributed by atoms with Crippen LogP contribution >= 0.6 is 0 Å². The lowest BCUT2D eigenvalue weighted by Gasteiger charge is -2.35. The molecule has 1 aliphatic rings. The first-order valence-electron chi connectivity index (χ1n) is 7.39. The molecule has 0 aromatic heterocycles. The van der Waals surface area contributed by atoms with Gasteiger partial charge in [0.05, 0.1) is 5.92 Å². The Bertz CT molecular complexity index is 530. The van der Waals surface area contributed by atoms with Gasteiger partial charge in [-0.1, -0.05) is 12.1 Å². The maximum atomic E-state index is 12.7. The van der Waals surface area contributed by atoms with E-state index in [1.165, 1.54) is 0 Å². The van der Waals surface area contributed by atoms with E-state index in [-0.39, 0.29) is 6.03 Å². The molecule has 5 nitrogen and oxygen atoms in total. The zero-order valence-electron chi connectivity index (χ0n) is 12.6. The van der Waals surface area contributed by atoms with Crippen molar-refractivity contribution < 1.29 is 14.7 Å². The molecule has 0 aliphatic carbocycles. The van der Waals surface area contributed by atoms with Crippen LogP contribution in [0.15, 0.2) is 24.3 Å². The minimum atomic E-state index is -0.814. The topological polar surface area (TPSA) is 60.9 Å². The Hall–Kier alpha value is -2.04. The van der Waals surface area contributed by atoms with Gasteiger partial charge in [0.1, 0.15) is 0 Å². The molecule has 1 aromatic rings. The summed E-state index contributed by atoms with van der Waals surface area (Å²) in [5.41, 5.74) is 1.96. The molecule has 5 heteroatoms. The molecule has 2 rings (SSSR count). The first kappa shape index (κ1) is 15.4. The summed E-state index contributed by atoms with van der Waals surface area (Å²) in [7, 11) is 0. The number of hydrogen-bond donors (Lipinski definition) is 1. The van der Waals surface area contributed by atoms with Crippen LogP contribution in [-0.4, -0.2) is 41.6 Å². The lowest BCUT2D eigenvalue weighted by molar-refractivity contribution is -0.143. The highest BCUT2D eigenvalue weighted by Gasteiger charge is 2.30. The van der Waals surface area contributed by atoms with Crippen molar-refractivity contribution in [3.63, 3.8) is 0 Å². The van der Waals surface area contributed by atoms with Crippen LogP contribution in [0.2, 0.25) is 0 Å². The van der Waals surface area contributed by atoms with Crippen molar-refractivity contribution in [1.29, 1.82) is 0 Å². The third-order valence-corrected chi connectivity index (χ3v) is 3.90. The van der Waals surface area contributed by atoms with Gasteiger partial charge in [0, 0.05) is 25.3 Å². The maximum absolute atomic E-state index is 12.7. The Kier molecular flexibility index (Phi) is 4.83. The van der Waals surface area contributed by atoms with Crippen LogP contribution in [0.25, 0.3) is 0 Å². The van der Waals surface area contributed by atoms with Crippen LogP contribution in [0.5, 0.6) is 0 Å². The monoisotopic (exact) mass is 290 g/mol. The number of piperidine rings is 1. The summed E-state index contributed by atoms with van der Waals surface area (Å²) in [6.07, 6.45) is 1.39. The van der Waals surface area contributed by atoms with E-state index >= 15 is 0 Å². The molecule has 0 bridgehead atoms. The van der Waals surface area contributed by atoms with E-state index in [1.54, 1.807) is 9.80 Å². The lowest BCUT2D eigenvalue weighted by Crippen LogP contribution is -2.49. The summed E-state index contributed by atoms with van der Waals surface area (Å²) in [5.74, 6) is -1.26. The maximum Gasteiger partial charge on any atom is 0.324 e. The number of likely N-dealkylation sites (tertiary alicyclic amines) is 1. The predicted molar refractivity (Wildman–Crippen MR) is 81.5 cm³/mol. The smallest absolute Gasteiger partial charge is 0.324 e. The van der Waals surface area contributed by atoms with E-state index in [0.717, 1.165) is 17.7 Å². The number of aliphatic carboxylic acids is 1. The highest BCUT2D eigenvalue weighted by Crippen LogP contribution is 2.22. The standard InChI is InChI=1S/C16H22N2O3/c1-3-18(14-8-4-6-12(2)10-14)16(21)17-9-5-7-13(11-17)15(19)20/h4,6,8,10,13H,3,5,7,9,11H2,1-2H3,(H,19,20)/t13-/m0/s1. The van der Waals surface area contributed by atoms with Crippen molar-refractivity contribution in [3.8, 4) is 0 Å². The molecule has 114 valence electrons. The van der Waals surface area contributed by atoms with Crippen molar-refractivity contribution in [2.45, 2.75) is 26.7 Å². The molecule has 1 atom stereocenters. The number of nitrogens with zero attached hydrogens (tertiary/aromatic N) is 2. The number of urea groups is 1. The highest BCUT2D eigenvalue weighted by atomic mass is 16.4. The predicted octanol–water partition coefficient (Wildman–Crippen LogP) is 2.74. The molecule has 0 unspecified atom stereocenters.